The molecule has 3 aliphatic carbocycles. The van der Waals surface area contributed by atoms with E-state index in [4.69, 9.17) is 4.74 Å². The van der Waals surface area contributed by atoms with Crippen molar-refractivity contribution in [1.29, 1.82) is 0 Å². The fraction of sp³-hybridized carbons (Fsp3) is 0.762. The van der Waals surface area contributed by atoms with E-state index in [-0.39, 0.29) is 29.7 Å². The van der Waals surface area contributed by atoms with Crippen LogP contribution in [-0.2, 0) is 19.1 Å². The van der Waals surface area contributed by atoms with E-state index in [1.165, 1.54) is 0 Å². The van der Waals surface area contributed by atoms with Gasteiger partial charge in [0, 0.05) is 30.6 Å². The van der Waals surface area contributed by atoms with Crippen LogP contribution in [0, 0.1) is 41.4 Å². The van der Waals surface area contributed by atoms with Crippen LogP contribution in [0.5, 0.6) is 0 Å². The monoisotopic (exact) mass is 344 g/mol. The largest absolute Gasteiger partial charge is 0.462 e. The molecule has 0 N–H and O–H groups in total. The van der Waals surface area contributed by atoms with Crippen molar-refractivity contribution in [3.63, 3.8) is 0 Å². The van der Waals surface area contributed by atoms with Crippen LogP contribution >= 0.6 is 0 Å². The Labute approximate surface area is 149 Å². The minimum absolute atomic E-state index is 0.0373. The fourth-order valence-corrected chi connectivity index (χ4v) is 5.75. The molecule has 0 aromatic heterocycles. The van der Waals surface area contributed by atoms with Gasteiger partial charge in [0.1, 0.15) is 11.9 Å². The van der Waals surface area contributed by atoms with Gasteiger partial charge in [-0.1, -0.05) is 13.5 Å². The standard InChI is InChI=1S/C21H28O4/c1-10(2)20(24)14-5-12(6-14)7-17(22)15-9-16(15)19-13-4-11(3)21(19)25-18(23)8-13/h11-16,19,21H,1,4-9H2,2-3H3. The molecule has 6 atom stereocenters. The second-order valence-electron chi connectivity index (χ2n) is 9.06. The van der Waals surface area contributed by atoms with Gasteiger partial charge >= 0.3 is 5.97 Å². The van der Waals surface area contributed by atoms with Crippen LogP contribution in [0.2, 0.25) is 0 Å². The highest BCUT2D eigenvalue weighted by molar-refractivity contribution is 5.96. The summed E-state index contributed by atoms with van der Waals surface area (Å²) in [7, 11) is 0. The summed E-state index contributed by atoms with van der Waals surface area (Å²) in [4.78, 5) is 36.2. The Morgan fingerprint density at radius 1 is 1.20 bits per heavy atom. The van der Waals surface area contributed by atoms with E-state index in [0.717, 1.165) is 25.7 Å². The van der Waals surface area contributed by atoms with E-state index in [1.54, 1.807) is 6.92 Å². The maximum absolute atomic E-state index is 12.6. The molecule has 4 heteroatoms. The van der Waals surface area contributed by atoms with Gasteiger partial charge < -0.3 is 4.74 Å². The van der Waals surface area contributed by atoms with Crippen LogP contribution in [0.15, 0.2) is 12.2 Å². The lowest BCUT2D eigenvalue weighted by atomic mass is 9.69. The van der Waals surface area contributed by atoms with Gasteiger partial charge in [-0.2, -0.15) is 0 Å². The molecule has 0 amide bonds. The molecule has 1 saturated heterocycles. The third-order valence-corrected chi connectivity index (χ3v) is 7.12. The molecule has 0 spiro atoms. The Morgan fingerprint density at radius 3 is 2.56 bits per heavy atom. The van der Waals surface area contributed by atoms with Gasteiger partial charge in [-0.3, -0.25) is 14.4 Å². The first-order valence-electron chi connectivity index (χ1n) is 9.77. The normalized spacial score (nSPS) is 44.6. The number of esters is 1. The average molecular weight is 344 g/mol. The summed E-state index contributed by atoms with van der Waals surface area (Å²) in [6.45, 7) is 7.66. The summed E-state index contributed by atoms with van der Waals surface area (Å²) in [6, 6.07) is 0. The molecule has 2 bridgehead atoms. The van der Waals surface area contributed by atoms with Gasteiger partial charge in [-0.15, -0.1) is 0 Å². The van der Waals surface area contributed by atoms with Crippen LogP contribution in [0.3, 0.4) is 0 Å². The van der Waals surface area contributed by atoms with Gasteiger partial charge in [0.15, 0.2) is 5.78 Å². The van der Waals surface area contributed by atoms with Gasteiger partial charge in [-0.05, 0) is 61.9 Å². The number of carbonyl (C=O) groups excluding carboxylic acids is 3. The van der Waals surface area contributed by atoms with Crippen LogP contribution < -0.4 is 0 Å². The fourth-order valence-electron chi connectivity index (χ4n) is 5.75. The summed E-state index contributed by atoms with van der Waals surface area (Å²) in [5.74, 6) is 2.82. The minimum atomic E-state index is -0.0539. The number of carbonyl (C=O) groups is 3. The number of Topliss-reactive ketones (excluding diaryl/α,β-unsaturated/α-hetero) is 2. The van der Waals surface area contributed by atoms with E-state index in [1.807, 2.05) is 0 Å². The highest BCUT2D eigenvalue weighted by Crippen LogP contribution is 2.58. The first-order valence-corrected chi connectivity index (χ1v) is 9.77. The SMILES string of the molecule is C=C(C)C(=O)C1CC(CC(=O)C2CC2C2C3CC(=O)OC2C(C)C3)C1. The van der Waals surface area contributed by atoms with Crippen molar-refractivity contribution < 1.29 is 19.1 Å². The minimum Gasteiger partial charge on any atom is -0.462 e. The van der Waals surface area contributed by atoms with Crippen LogP contribution in [0.25, 0.3) is 0 Å². The summed E-state index contributed by atoms with van der Waals surface area (Å²) >= 11 is 0. The highest BCUT2D eigenvalue weighted by Gasteiger charge is 2.59. The number of allylic oxidation sites excluding steroid dienone is 1. The highest BCUT2D eigenvalue weighted by atomic mass is 16.5. The van der Waals surface area contributed by atoms with Crippen LogP contribution in [-0.4, -0.2) is 23.6 Å². The maximum atomic E-state index is 12.6. The number of rotatable bonds is 6. The van der Waals surface area contributed by atoms with E-state index < -0.39 is 0 Å². The summed E-state index contributed by atoms with van der Waals surface area (Å²) in [6.07, 6.45) is 4.92. The Kier molecular flexibility index (Phi) is 4.12. The number of fused-ring (bicyclic) bond motifs is 2. The molecular formula is C21H28O4. The number of hydrogen-bond acceptors (Lipinski definition) is 4. The molecule has 4 aliphatic rings. The number of ketones is 2. The Bertz CT molecular complexity index is 630. The van der Waals surface area contributed by atoms with Crippen molar-refractivity contribution in [2.75, 3.05) is 0 Å². The zero-order valence-electron chi connectivity index (χ0n) is 15.2. The van der Waals surface area contributed by atoms with Crippen molar-refractivity contribution in [1.82, 2.24) is 0 Å². The van der Waals surface area contributed by atoms with Crippen LogP contribution in [0.4, 0.5) is 0 Å². The molecule has 0 aromatic carbocycles. The Balaban J connectivity index is 1.28. The zero-order chi connectivity index (χ0) is 17.9. The Morgan fingerprint density at radius 2 is 1.92 bits per heavy atom. The zero-order valence-corrected chi connectivity index (χ0v) is 15.2. The molecular weight excluding hydrogens is 316 g/mol. The van der Waals surface area contributed by atoms with E-state index in [2.05, 4.69) is 13.5 Å². The third-order valence-electron chi connectivity index (χ3n) is 7.12. The summed E-state index contributed by atoms with van der Waals surface area (Å²) in [5, 5.41) is 0. The second-order valence-corrected chi connectivity index (χ2v) is 9.06. The first-order chi connectivity index (χ1) is 11.8. The van der Waals surface area contributed by atoms with Crippen molar-refractivity contribution in [3.8, 4) is 0 Å². The molecule has 4 fully saturated rings. The predicted molar refractivity (Wildman–Crippen MR) is 92.5 cm³/mol. The second kappa shape index (κ2) is 6.07. The average Bonchev–Trinajstić information content (AvgIpc) is 3.25. The number of hydrogen-bond donors (Lipinski definition) is 0. The van der Waals surface area contributed by atoms with Gasteiger partial charge in [-0.25, -0.2) is 0 Å². The predicted octanol–water partition coefficient (Wildman–Crippen LogP) is 3.34. The molecule has 1 heterocycles. The van der Waals surface area contributed by atoms with E-state index >= 15 is 0 Å². The Hall–Kier alpha value is -1.45. The smallest absolute Gasteiger partial charge is 0.306 e. The van der Waals surface area contributed by atoms with E-state index in [0.29, 0.717) is 53.8 Å². The van der Waals surface area contributed by atoms with Crippen molar-refractivity contribution in [2.24, 2.45) is 41.4 Å². The molecule has 4 rings (SSSR count). The van der Waals surface area contributed by atoms with Crippen molar-refractivity contribution >= 4 is 17.5 Å². The first kappa shape index (κ1) is 17.0. The molecule has 136 valence electrons. The van der Waals surface area contributed by atoms with E-state index in [9.17, 15) is 14.4 Å². The lowest BCUT2D eigenvalue weighted by Gasteiger charge is -2.34. The lowest BCUT2D eigenvalue weighted by Crippen LogP contribution is -2.36. The molecule has 3 saturated carbocycles. The van der Waals surface area contributed by atoms with Crippen LogP contribution in [0.1, 0.15) is 52.4 Å². The molecule has 0 aromatic rings. The van der Waals surface area contributed by atoms with Crippen molar-refractivity contribution in [2.45, 2.75) is 58.5 Å². The van der Waals surface area contributed by atoms with Gasteiger partial charge in [0.2, 0.25) is 0 Å². The number of ether oxygens (including phenoxy) is 1. The molecule has 0 radical (unpaired) electrons. The molecule has 4 nitrogen and oxygen atoms in total. The summed E-state index contributed by atoms with van der Waals surface area (Å²) < 4.78 is 5.61. The lowest BCUT2D eigenvalue weighted by molar-refractivity contribution is -0.160. The molecule has 25 heavy (non-hydrogen) atoms. The quantitative estimate of drug-likeness (QED) is 0.548. The third kappa shape index (κ3) is 2.98. The maximum Gasteiger partial charge on any atom is 0.306 e. The molecule has 6 unspecified atom stereocenters. The summed E-state index contributed by atoms with van der Waals surface area (Å²) in [5.41, 5.74) is 0.633. The topological polar surface area (TPSA) is 60.4 Å². The molecule has 1 aliphatic heterocycles. The van der Waals surface area contributed by atoms with Crippen molar-refractivity contribution in [3.05, 3.63) is 12.2 Å². The van der Waals surface area contributed by atoms with Gasteiger partial charge in [0.05, 0.1) is 0 Å². The van der Waals surface area contributed by atoms with Gasteiger partial charge in [0.25, 0.3) is 0 Å².